The van der Waals surface area contributed by atoms with Crippen LogP contribution in [0.3, 0.4) is 0 Å². The molecule has 1 aromatic heterocycles. The first-order valence-corrected chi connectivity index (χ1v) is 12.7. The molecule has 3 rings (SSSR count). The predicted octanol–water partition coefficient (Wildman–Crippen LogP) is 2.57. The van der Waals surface area contributed by atoms with E-state index < -0.39 is 39.1 Å². The molecule has 3 N–H and O–H groups in total. The number of benzene rings is 1. The molecule has 0 bridgehead atoms. The summed E-state index contributed by atoms with van der Waals surface area (Å²) in [5.41, 5.74) is 2.73. The van der Waals surface area contributed by atoms with E-state index in [0.717, 1.165) is 0 Å². The number of hydrogen-bond donors (Lipinski definition) is 3. The highest BCUT2D eigenvalue weighted by atomic mass is 32.2. The van der Waals surface area contributed by atoms with Crippen LogP contribution in [0, 0.1) is 0 Å². The molecule has 0 saturated carbocycles. The van der Waals surface area contributed by atoms with Gasteiger partial charge in [0.05, 0.1) is 26.4 Å². The summed E-state index contributed by atoms with van der Waals surface area (Å²) in [5, 5.41) is 11.7. The van der Waals surface area contributed by atoms with Crippen LogP contribution in [-0.4, -0.2) is 69.7 Å². The Labute approximate surface area is 200 Å². The SMILES string of the molecule is COC(=O)Nc1cccc(-c2ccc([C@@]3(CC(=O)NO)CCN(C(=O)OC)CCS3(=O)=O)s2)c1. The molecular formula is C21H25N3O8S2. The van der Waals surface area contributed by atoms with Gasteiger partial charge in [-0.15, -0.1) is 11.3 Å². The molecule has 0 spiro atoms. The Morgan fingerprint density at radius 3 is 2.59 bits per heavy atom. The fraction of sp³-hybridized carbons (Fsp3) is 0.381. The Morgan fingerprint density at radius 2 is 1.91 bits per heavy atom. The largest absolute Gasteiger partial charge is 0.453 e. The molecule has 184 valence electrons. The molecule has 11 nitrogen and oxygen atoms in total. The van der Waals surface area contributed by atoms with E-state index in [1.807, 2.05) is 0 Å². The number of amides is 3. The third-order valence-corrected chi connectivity index (χ3v) is 9.60. The molecule has 1 atom stereocenters. The highest BCUT2D eigenvalue weighted by molar-refractivity contribution is 7.92. The Kier molecular flexibility index (Phi) is 7.79. The minimum absolute atomic E-state index is 0.0520. The summed E-state index contributed by atoms with van der Waals surface area (Å²) >= 11 is 1.18. The Morgan fingerprint density at radius 1 is 1.15 bits per heavy atom. The normalized spacial score (nSPS) is 19.6. The summed E-state index contributed by atoms with van der Waals surface area (Å²) in [6, 6.07) is 10.3. The number of sulfone groups is 1. The lowest BCUT2D eigenvalue weighted by Crippen LogP contribution is -2.41. The maximum Gasteiger partial charge on any atom is 0.411 e. The van der Waals surface area contributed by atoms with Gasteiger partial charge in [-0.05, 0) is 36.2 Å². The van der Waals surface area contributed by atoms with Crippen molar-refractivity contribution in [2.45, 2.75) is 17.6 Å². The molecule has 1 saturated heterocycles. The number of rotatable bonds is 5. The van der Waals surface area contributed by atoms with Gasteiger partial charge in [0.15, 0.2) is 9.84 Å². The number of carbonyl (C=O) groups excluding carboxylic acids is 3. The monoisotopic (exact) mass is 511 g/mol. The van der Waals surface area contributed by atoms with Gasteiger partial charge in [-0.2, -0.15) is 0 Å². The second-order valence-corrected chi connectivity index (χ2v) is 11.1. The first-order chi connectivity index (χ1) is 16.2. The number of ether oxygens (including phenoxy) is 2. The summed E-state index contributed by atoms with van der Waals surface area (Å²) in [6.07, 6.45) is -1.84. The first kappa shape index (κ1) is 25.5. The van der Waals surface area contributed by atoms with Crippen molar-refractivity contribution in [2.75, 3.05) is 38.4 Å². The highest BCUT2D eigenvalue weighted by Gasteiger charge is 2.50. The van der Waals surface area contributed by atoms with E-state index in [9.17, 15) is 22.8 Å². The minimum atomic E-state index is -3.94. The summed E-state index contributed by atoms with van der Waals surface area (Å²) in [4.78, 5) is 38.2. The molecule has 3 amide bonds. The van der Waals surface area contributed by atoms with Gasteiger partial charge in [-0.1, -0.05) is 12.1 Å². The molecule has 1 aromatic carbocycles. The van der Waals surface area contributed by atoms with E-state index in [1.165, 1.54) is 35.9 Å². The highest BCUT2D eigenvalue weighted by Crippen LogP contribution is 2.45. The lowest BCUT2D eigenvalue weighted by Gasteiger charge is -2.30. The lowest BCUT2D eigenvalue weighted by molar-refractivity contribution is -0.129. The zero-order valence-electron chi connectivity index (χ0n) is 18.6. The van der Waals surface area contributed by atoms with Crippen LogP contribution in [0.4, 0.5) is 15.3 Å². The maximum absolute atomic E-state index is 13.5. The Hall–Kier alpha value is -3.16. The van der Waals surface area contributed by atoms with Crippen molar-refractivity contribution >= 4 is 45.0 Å². The van der Waals surface area contributed by atoms with Crippen LogP contribution < -0.4 is 10.8 Å². The van der Waals surface area contributed by atoms with Crippen LogP contribution in [0.15, 0.2) is 36.4 Å². The minimum Gasteiger partial charge on any atom is -0.453 e. The molecule has 0 unspecified atom stereocenters. The van der Waals surface area contributed by atoms with Gasteiger partial charge in [0.2, 0.25) is 5.91 Å². The molecular weight excluding hydrogens is 486 g/mol. The number of nitrogens with one attached hydrogen (secondary N) is 2. The van der Waals surface area contributed by atoms with Crippen LogP contribution in [0.25, 0.3) is 10.4 Å². The van der Waals surface area contributed by atoms with E-state index in [2.05, 4.69) is 10.1 Å². The van der Waals surface area contributed by atoms with Crippen LogP contribution in [0.1, 0.15) is 17.7 Å². The van der Waals surface area contributed by atoms with Gasteiger partial charge >= 0.3 is 12.2 Å². The van der Waals surface area contributed by atoms with Crippen LogP contribution >= 0.6 is 11.3 Å². The van der Waals surface area contributed by atoms with Gasteiger partial charge in [-0.25, -0.2) is 23.5 Å². The number of nitrogens with zero attached hydrogens (tertiary/aromatic N) is 1. The number of hydroxylamine groups is 1. The standard InChI is InChI=1S/C21H25N3O8S2/c1-31-19(26)22-15-5-3-4-14(12-15)16-6-7-17(33-16)21(13-18(25)23-28)8-9-24(20(27)32-2)10-11-34(21,29)30/h3-7,12,28H,8-11,13H2,1-2H3,(H,22,26)(H,23,25)/t21-/m0/s1. The molecule has 13 heteroatoms. The van der Waals surface area contributed by atoms with Crippen molar-refractivity contribution in [2.24, 2.45) is 0 Å². The molecule has 0 aliphatic carbocycles. The topological polar surface area (TPSA) is 151 Å². The zero-order valence-corrected chi connectivity index (χ0v) is 20.2. The number of anilines is 1. The fourth-order valence-electron chi connectivity index (χ4n) is 3.84. The Balaban J connectivity index is 2.03. The number of thiophene rings is 1. The average molecular weight is 512 g/mol. The van der Waals surface area contributed by atoms with Crippen molar-refractivity contribution < 1.29 is 37.5 Å². The Bertz CT molecular complexity index is 1180. The smallest absolute Gasteiger partial charge is 0.411 e. The van der Waals surface area contributed by atoms with Crippen molar-refractivity contribution in [1.82, 2.24) is 10.4 Å². The lowest BCUT2D eigenvalue weighted by atomic mass is 9.97. The third kappa shape index (κ3) is 5.16. The van der Waals surface area contributed by atoms with Crippen molar-refractivity contribution in [3.63, 3.8) is 0 Å². The van der Waals surface area contributed by atoms with Crippen molar-refractivity contribution in [3.8, 4) is 10.4 Å². The molecule has 34 heavy (non-hydrogen) atoms. The van der Waals surface area contributed by atoms with E-state index in [4.69, 9.17) is 9.94 Å². The summed E-state index contributed by atoms with van der Waals surface area (Å²) in [6.45, 7) is -0.0205. The summed E-state index contributed by atoms with van der Waals surface area (Å²) < 4.78 is 34.7. The molecule has 0 radical (unpaired) electrons. The molecule has 1 aliphatic heterocycles. The van der Waals surface area contributed by atoms with E-state index in [1.54, 1.807) is 36.4 Å². The second-order valence-electron chi connectivity index (χ2n) is 7.59. The maximum atomic E-state index is 13.5. The van der Waals surface area contributed by atoms with Crippen LogP contribution in [0.2, 0.25) is 0 Å². The molecule has 1 fully saturated rings. The van der Waals surface area contributed by atoms with Crippen LogP contribution in [-0.2, 0) is 28.9 Å². The second kappa shape index (κ2) is 10.4. The van der Waals surface area contributed by atoms with E-state index >= 15 is 0 Å². The van der Waals surface area contributed by atoms with Crippen LogP contribution in [0.5, 0.6) is 0 Å². The zero-order chi connectivity index (χ0) is 24.9. The summed E-state index contributed by atoms with van der Waals surface area (Å²) in [5.74, 6) is -1.22. The number of carbonyl (C=O) groups is 3. The fourth-order valence-corrected chi connectivity index (χ4v) is 7.44. The van der Waals surface area contributed by atoms with Gasteiger partial charge in [-0.3, -0.25) is 15.3 Å². The van der Waals surface area contributed by atoms with Gasteiger partial charge in [0, 0.05) is 28.5 Å². The predicted molar refractivity (Wildman–Crippen MR) is 124 cm³/mol. The van der Waals surface area contributed by atoms with Gasteiger partial charge in [0.1, 0.15) is 4.75 Å². The molecule has 1 aliphatic rings. The van der Waals surface area contributed by atoms with Crippen molar-refractivity contribution in [1.29, 1.82) is 0 Å². The third-order valence-electron chi connectivity index (χ3n) is 5.65. The summed E-state index contributed by atoms with van der Waals surface area (Å²) in [7, 11) is -1.47. The molecule has 2 heterocycles. The van der Waals surface area contributed by atoms with Gasteiger partial charge in [0.25, 0.3) is 0 Å². The number of hydrogen-bond acceptors (Lipinski definition) is 9. The average Bonchev–Trinajstić information content (AvgIpc) is 3.28. The van der Waals surface area contributed by atoms with Crippen molar-refractivity contribution in [3.05, 3.63) is 41.3 Å². The first-order valence-electron chi connectivity index (χ1n) is 10.2. The van der Waals surface area contributed by atoms with E-state index in [0.29, 0.717) is 21.0 Å². The molecule has 2 aromatic rings. The quantitative estimate of drug-likeness (QED) is 0.409. The van der Waals surface area contributed by atoms with Gasteiger partial charge < -0.3 is 14.4 Å². The number of methoxy groups -OCH3 is 2. The van der Waals surface area contributed by atoms with E-state index in [-0.39, 0.29) is 25.3 Å².